The maximum absolute atomic E-state index is 12.1. The summed E-state index contributed by atoms with van der Waals surface area (Å²) in [4.78, 5) is 23.1. The maximum atomic E-state index is 12.1. The molecule has 1 aliphatic carbocycles. The van der Waals surface area contributed by atoms with E-state index in [9.17, 15) is 9.59 Å². The molecule has 0 radical (unpaired) electrons. The van der Waals surface area contributed by atoms with Gasteiger partial charge in [0.15, 0.2) is 16.6 Å². The van der Waals surface area contributed by atoms with E-state index in [1.54, 1.807) is 13.2 Å². The van der Waals surface area contributed by atoms with E-state index < -0.39 is 16.6 Å². The second kappa shape index (κ2) is 12.5. The van der Waals surface area contributed by atoms with Crippen molar-refractivity contribution < 1.29 is 28.2 Å². The largest absolute Gasteiger partial charge is 0.466 e. The van der Waals surface area contributed by atoms with Crippen LogP contribution in [-0.2, 0) is 23.4 Å². The van der Waals surface area contributed by atoms with Crippen LogP contribution in [0.25, 0.3) is 0 Å². The molecule has 0 aromatic rings. The maximum Gasteiger partial charge on any atom is 0.330 e. The number of hydrogen-bond donors (Lipinski definition) is 1. The van der Waals surface area contributed by atoms with E-state index in [1.807, 2.05) is 13.1 Å². The third-order valence-corrected chi connectivity index (χ3v) is 15.8. The Morgan fingerprint density at radius 3 is 2.21 bits per heavy atom. The van der Waals surface area contributed by atoms with Gasteiger partial charge in [0.2, 0.25) is 0 Å². The Morgan fingerprint density at radius 2 is 1.71 bits per heavy atom. The summed E-state index contributed by atoms with van der Waals surface area (Å²) in [5.74, 6) is -0.146. The molecule has 198 valence electrons. The zero-order valence-electron chi connectivity index (χ0n) is 23.5. The van der Waals surface area contributed by atoms with Crippen molar-refractivity contribution in [3.63, 3.8) is 0 Å². The first-order valence-corrected chi connectivity index (χ1v) is 18.2. The third-order valence-electron chi connectivity index (χ3n) is 7.82. The average molecular weight is 515 g/mol. The Labute approximate surface area is 210 Å². The van der Waals surface area contributed by atoms with Crippen LogP contribution in [-0.4, -0.2) is 61.1 Å². The van der Waals surface area contributed by atoms with E-state index >= 15 is 0 Å². The Morgan fingerprint density at radius 1 is 1.09 bits per heavy atom. The van der Waals surface area contributed by atoms with Crippen LogP contribution in [0.15, 0.2) is 23.3 Å². The molecule has 0 aliphatic heterocycles. The fourth-order valence-electron chi connectivity index (χ4n) is 3.93. The first-order valence-electron chi connectivity index (χ1n) is 12.4. The monoisotopic (exact) mass is 514 g/mol. The minimum absolute atomic E-state index is 0.0676. The molecular weight excluding hydrogens is 464 g/mol. The lowest BCUT2D eigenvalue weighted by molar-refractivity contribution is -0.134. The quantitative estimate of drug-likeness (QED) is 0.0885. The Kier molecular flexibility index (Phi) is 11.4. The van der Waals surface area contributed by atoms with Crippen LogP contribution in [0.4, 0.5) is 0 Å². The van der Waals surface area contributed by atoms with Crippen LogP contribution in [0.5, 0.6) is 0 Å². The molecular formula is C26H50O6Si2. The van der Waals surface area contributed by atoms with Gasteiger partial charge >= 0.3 is 5.97 Å². The molecule has 0 unspecified atom stereocenters. The summed E-state index contributed by atoms with van der Waals surface area (Å²) in [7, 11) is -1.46. The van der Waals surface area contributed by atoms with Crippen LogP contribution < -0.4 is 0 Å². The molecule has 0 heterocycles. The molecule has 0 spiro atoms. The Bertz CT molecular complexity index is 687. The summed E-state index contributed by atoms with van der Waals surface area (Å²) in [5, 5.41) is -0.128. The summed E-state index contributed by atoms with van der Waals surface area (Å²) >= 11 is 0. The van der Waals surface area contributed by atoms with Crippen LogP contribution in [0, 0.1) is 5.92 Å². The van der Waals surface area contributed by atoms with Gasteiger partial charge < -0.3 is 23.4 Å². The van der Waals surface area contributed by atoms with Crippen molar-refractivity contribution in [1.82, 2.24) is 0 Å². The third kappa shape index (κ3) is 9.02. The second-order valence-electron chi connectivity index (χ2n) is 12.3. The smallest absolute Gasteiger partial charge is 0.330 e. The second-order valence-corrected chi connectivity index (χ2v) is 21.5. The molecule has 0 aromatic carbocycles. The van der Waals surface area contributed by atoms with Crippen LogP contribution in [0.1, 0.15) is 60.3 Å². The Hall–Kier alpha value is -0.776. The molecule has 2 atom stereocenters. The van der Waals surface area contributed by atoms with Gasteiger partial charge in [0.25, 0.3) is 0 Å². The molecule has 0 saturated heterocycles. The van der Waals surface area contributed by atoms with Gasteiger partial charge in [-0.3, -0.25) is 0 Å². The highest BCUT2D eigenvalue weighted by Crippen LogP contribution is 2.49. The first kappa shape index (κ1) is 31.3. The van der Waals surface area contributed by atoms with Crippen molar-refractivity contribution in [1.29, 1.82) is 0 Å². The minimum Gasteiger partial charge on any atom is -0.466 e. The lowest BCUT2D eigenvalue weighted by Gasteiger charge is -2.46. The topological polar surface area (TPSA) is 74.2 Å². The molecule has 34 heavy (non-hydrogen) atoms. The fraction of sp³-hybridized carbons (Fsp3) is 0.808. The average Bonchev–Trinajstić information content (AvgIpc) is 2.67. The molecule has 1 aliphatic rings. The van der Waals surface area contributed by atoms with Gasteiger partial charge in [0, 0.05) is 13.2 Å². The number of methoxy groups -OCH3 is 2. The van der Waals surface area contributed by atoms with Gasteiger partial charge in [0.1, 0.15) is 6.79 Å². The Balaban J connectivity index is 3.44. The van der Waals surface area contributed by atoms with Crippen molar-refractivity contribution in [2.24, 2.45) is 5.92 Å². The van der Waals surface area contributed by atoms with Gasteiger partial charge in [0.05, 0.1) is 19.8 Å². The van der Waals surface area contributed by atoms with E-state index in [0.29, 0.717) is 13.0 Å². The molecule has 0 aromatic heterocycles. The van der Waals surface area contributed by atoms with Crippen molar-refractivity contribution in [3.05, 3.63) is 23.3 Å². The highest BCUT2D eigenvalue weighted by atomic mass is 28.4. The van der Waals surface area contributed by atoms with E-state index in [4.69, 9.17) is 18.6 Å². The van der Waals surface area contributed by atoms with Gasteiger partial charge in [-0.2, -0.15) is 0 Å². The molecule has 1 fully saturated rings. The summed E-state index contributed by atoms with van der Waals surface area (Å²) < 4.78 is 22.5. The lowest BCUT2D eigenvalue weighted by Crippen LogP contribution is -2.47. The number of ether oxygens (including phenoxy) is 3. The standard InChI is InChI=1S/C26H50O6Si2/c1-25(2,3)34(10,11)32-23-16-20(17-24(27)30-7)15-21(18-26(4,5)33(8,9)28)22(23)13-12-14-31-19-29-6/h13,17,21,23,28H,12,14-16,18-19H2,1-11H3/b20-17+,22-13-/t21-,23+/m0/s1. The predicted molar refractivity (Wildman–Crippen MR) is 144 cm³/mol. The molecule has 0 amide bonds. The molecule has 0 bridgehead atoms. The van der Waals surface area contributed by atoms with E-state index in [1.165, 1.54) is 12.7 Å². The zero-order chi connectivity index (χ0) is 26.4. The number of hydrogen-bond acceptors (Lipinski definition) is 6. The first-order chi connectivity index (χ1) is 15.4. The molecule has 1 N–H and O–H groups in total. The van der Waals surface area contributed by atoms with Crippen LogP contribution in [0.3, 0.4) is 0 Å². The molecule has 6 nitrogen and oxygen atoms in total. The summed E-state index contributed by atoms with van der Waals surface area (Å²) in [6.45, 7) is 20.5. The SMILES string of the molecule is COCOCC/C=C1/[C@H](CC(C)(C)[Si](C)(C)O)C/C(=C\C(=O)OC)C[C@H]1O[Si](C)(C)C(C)(C)C. The van der Waals surface area contributed by atoms with E-state index in [0.717, 1.165) is 24.8 Å². The van der Waals surface area contributed by atoms with E-state index in [2.05, 4.69) is 53.8 Å². The highest BCUT2D eigenvalue weighted by molar-refractivity contribution is 6.74. The van der Waals surface area contributed by atoms with Gasteiger partial charge in [-0.15, -0.1) is 0 Å². The van der Waals surface area contributed by atoms with Gasteiger partial charge in [-0.1, -0.05) is 46.3 Å². The normalized spacial score (nSPS) is 22.9. The molecule has 8 heteroatoms. The van der Waals surface area contributed by atoms with Crippen molar-refractivity contribution in [2.75, 3.05) is 27.6 Å². The highest BCUT2D eigenvalue weighted by Gasteiger charge is 2.45. The molecule has 1 rings (SSSR count). The fourth-order valence-corrected chi connectivity index (χ4v) is 5.96. The predicted octanol–water partition coefficient (Wildman–Crippen LogP) is 6.19. The van der Waals surface area contributed by atoms with Gasteiger partial charge in [-0.05, 0) is 73.4 Å². The molecule has 1 saturated carbocycles. The van der Waals surface area contributed by atoms with Gasteiger partial charge in [-0.25, -0.2) is 4.79 Å². The van der Waals surface area contributed by atoms with Crippen molar-refractivity contribution >= 4 is 22.6 Å². The van der Waals surface area contributed by atoms with Crippen molar-refractivity contribution in [3.8, 4) is 0 Å². The summed E-state index contributed by atoms with van der Waals surface area (Å²) in [6.07, 6.45) is 6.87. The van der Waals surface area contributed by atoms with Crippen LogP contribution in [0.2, 0.25) is 36.3 Å². The lowest BCUT2D eigenvalue weighted by atomic mass is 9.75. The number of carbonyl (C=O) groups is 1. The minimum atomic E-state index is -2.42. The van der Waals surface area contributed by atoms with Crippen LogP contribution >= 0.6 is 0 Å². The summed E-state index contributed by atoms with van der Waals surface area (Å²) in [5.41, 5.74) is 2.33. The number of rotatable bonds is 11. The number of esters is 1. The van der Waals surface area contributed by atoms with E-state index in [-0.39, 0.29) is 34.9 Å². The summed E-state index contributed by atoms with van der Waals surface area (Å²) in [6, 6.07) is 0. The number of carbonyl (C=O) groups excluding carboxylic acids is 1. The van der Waals surface area contributed by atoms with Crippen molar-refractivity contribution in [2.45, 2.75) is 103 Å². The zero-order valence-corrected chi connectivity index (χ0v) is 25.5.